The number of rotatable bonds is 7. The molecule has 1 saturated heterocycles. The van der Waals surface area contributed by atoms with E-state index in [9.17, 15) is 5.11 Å². The first-order valence-corrected chi connectivity index (χ1v) is 8.96. The minimum Gasteiger partial charge on any atom is -0.395 e. The second-order valence-electron chi connectivity index (χ2n) is 6.47. The minimum absolute atomic E-state index is 0.194. The van der Waals surface area contributed by atoms with E-state index in [-0.39, 0.29) is 6.61 Å². The quantitative estimate of drug-likeness (QED) is 0.821. The van der Waals surface area contributed by atoms with Gasteiger partial charge in [0.2, 0.25) is 0 Å². The van der Waals surface area contributed by atoms with Crippen LogP contribution in [0.2, 0.25) is 0 Å². The highest BCUT2D eigenvalue weighted by atomic mass is 16.3. The molecule has 0 spiro atoms. The first-order chi connectivity index (χ1) is 11.3. The Morgan fingerprint density at radius 3 is 2.74 bits per heavy atom. The number of benzene rings is 1. The number of hydrogen-bond acceptors (Lipinski definition) is 3. The summed E-state index contributed by atoms with van der Waals surface area (Å²) in [6, 6.07) is 6.76. The smallest absolute Gasteiger partial charge is 0.0610 e. The van der Waals surface area contributed by atoms with E-state index in [1.165, 1.54) is 48.1 Å². The minimum atomic E-state index is 0.194. The van der Waals surface area contributed by atoms with Crippen LogP contribution in [0.5, 0.6) is 0 Å². The third-order valence-corrected chi connectivity index (χ3v) is 4.91. The predicted octanol–water partition coefficient (Wildman–Crippen LogP) is 2.03. The van der Waals surface area contributed by atoms with Crippen molar-refractivity contribution in [3.8, 4) is 0 Å². The van der Waals surface area contributed by atoms with Gasteiger partial charge in [0.1, 0.15) is 0 Å². The van der Waals surface area contributed by atoms with Gasteiger partial charge >= 0.3 is 0 Å². The Hall–Kier alpha value is -1.36. The molecule has 126 valence electrons. The van der Waals surface area contributed by atoms with E-state index in [0.29, 0.717) is 6.54 Å². The zero-order valence-corrected chi connectivity index (χ0v) is 14.2. The molecule has 1 fully saturated rings. The largest absolute Gasteiger partial charge is 0.395 e. The van der Waals surface area contributed by atoms with Crippen LogP contribution in [0.4, 0.5) is 0 Å². The van der Waals surface area contributed by atoms with Crippen LogP contribution in [0.3, 0.4) is 0 Å². The molecular weight excluding hydrogens is 286 g/mol. The normalized spacial score (nSPS) is 16.3. The lowest BCUT2D eigenvalue weighted by Gasteiger charge is -2.26. The highest BCUT2D eigenvalue weighted by Crippen LogP contribution is 2.24. The molecule has 3 rings (SSSR count). The Labute approximate surface area is 139 Å². The number of hydrogen-bond donors (Lipinski definition) is 2. The Morgan fingerprint density at radius 1 is 1.17 bits per heavy atom. The molecule has 0 saturated carbocycles. The van der Waals surface area contributed by atoms with E-state index in [1.54, 1.807) is 0 Å². The van der Waals surface area contributed by atoms with Crippen molar-refractivity contribution in [1.29, 1.82) is 0 Å². The van der Waals surface area contributed by atoms with Gasteiger partial charge in [-0.2, -0.15) is 0 Å². The fourth-order valence-electron chi connectivity index (χ4n) is 3.56. The summed E-state index contributed by atoms with van der Waals surface area (Å²) in [5.41, 5.74) is 4.08. The molecule has 1 aromatic heterocycles. The molecule has 0 atom stereocenters. The van der Waals surface area contributed by atoms with Gasteiger partial charge in [0.05, 0.1) is 6.61 Å². The molecule has 2 N–H and O–H groups in total. The molecule has 2 aromatic rings. The molecule has 0 aliphatic carbocycles. The first kappa shape index (κ1) is 16.5. The van der Waals surface area contributed by atoms with Crippen molar-refractivity contribution in [3.05, 3.63) is 35.5 Å². The molecule has 0 bridgehead atoms. The molecular formula is C19H29N3O. The summed E-state index contributed by atoms with van der Waals surface area (Å²) < 4.78 is 2.20. The lowest BCUT2D eigenvalue weighted by Crippen LogP contribution is -2.43. The Balaban J connectivity index is 1.72. The number of aliphatic hydroxyl groups excluding tert-OH is 1. The summed E-state index contributed by atoms with van der Waals surface area (Å²) in [6.07, 6.45) is 5.64. The van der Waals surface area contributed by atoms with Gasteiger partial charge in [-0.1, -0.05) is 13.0 Å². The van der Waals surface area contributed by atoms with Gasteiger partial charge < -0.3 is 19.9 Å². The van der Waals surface area contributed by atoms with Crippen LogP contribution in [0, 0.1) is 0 Å². The van der Waals surface area contributed by atoms with Gasteiger partial charge in [-0.3, -0.25) is 0 Å². The molecule has 0 amide bonds. The summed E-state index contributed by atoms with van der Waals surface area (Å²) in [6.45, 7) is 8.85. The topological polar surface area (TPSA) is 40.4 Å². The summed E-state index contributed by atoms with van der Waals surface area (Å²) in [5, 5.41) is 14.1. The fraction of sp³-hybridized carbons (Fsp3) is 0.579. The van der Waals surface area contributed by atoms with E-state index in [2.05, 4.69) is 46.1 Å². The van der Waals surface area contributed by atoms with Crippen molar-refractivity contribution in [2.45, 2.75) is 32.7 Å². The third-order valence-electron chi connectivity index (χ3n) is 4.91. The maximum atomic E-state index is 9.30. The number of nitrogens with one attached hydrogen (secondary N) is 1. The van der Waals surface area contributed by atoms with Crippen LogP contribution in [-0.4, -0.2) is 53.9 Å². The van der Waals surface area contributed by atoms with E-state index in [4.69, 9.17) is 0 Å². The number of fused-ring (bicyclic) bond motifs is 1. The fourth-order valence-corrected chi connectivity index (χ4v) is 3.56. The number of aryl methyl sites for hydroxylation is 2. The second-order valence-corrected chi connectivity index (χ2v) is 6.47. The Morgan fingerprint density at radius 2 is 2.00 bits per heavy atom. The van der Waals surface area contributed by atoms with Crippen LogP contribution in [0.1, 0.15) is 24.5 Å². The van der Waals surface area contributed by atoms with Gasteiger partial charge in [-0.15, -0.1) is 0 Å². The molecule has 1 aromatic carbocycles. The zero-order chi connectivity index (χ0) is 16.1. The predicted molar refractivity (Wildman–Crippen MR) is 96.0 cm³/mol. The van der Waals surface area contributed by atoms with E-state index >= 15 is 0 Å². The van der Waals surface area contributed by atoms with Crippen LogP contribution in [0.15, 0.2) is 24.4 Å². The van der Waals surface area contributed by atoms with E-state index in [0.717, 1.165) is 25.9 Å². The Kier molecular flexibility index (Phi) is 5.70. The van der Waals surface area contributed by atoms with E-state index in [1.807, 2.05) is 0 Å². The number of nitrogens with zero attached hydrogens (tertiary/aromatic N) is 2. The maximum Gasteiger partial charge on any atom is 0.0610 e. The van der Waals surface area contributed by atoms with Crippen molar-refractivity contribution in [1.82, 2.24) is 14.8 Å². The molecule has 1 aliphatic rings. The van der Waals surface area contributed by atoms with E-state index < -0.39 is 0 Å². The summed E-state index contributed by atoms with van der Waals surface area (Å²) in [5.74, 6) is 0. The van der Waals surface area contributed by atoms with Crippen LogP contribution in [0.25, 0.3) is 10.9 Å². The number of aromatic nitrogens is 1. The van der Waals surface area contributed by atoms with Gasteiger partial charge in [0, 0.05) is 49.8 Å². The SMILES string of the molecule is CCc1ccc2c(c1)c(CCCN1CCNCC1)cn2CCO. The average molecular weight is 315 g/mol. The van der Waals surface area contributed by atoms with Crippen molar-refractivity contribution in [2.24, 2.45) is 0 Å². The van der Waals surface area contributed by atoms with Crippen molar-refractivity contribution >= 4 is 10.9 Å². The monoisotopic (exact) mass is 315 g/mol. The molecule has 2 heterocycles. The molecule has 4 nitrogen and oxygen atoms in total. The number of aliphatic hydroxyl groups is 1. The maximum absolute atomic E-state index is 9.30. The first-order valence-electron chi connectivity index (χ1n) is 8.96. The Bertz CT molecular complexity index is 629. The van der Waals surface area contributed by atoms with Gasteiger partial charge in [0.15, 0.2) is 0 Å². The van der Waals surface area contributed by atoms with Gasteiger partial charge in [0.25, 0.3) is 0 Å². The molecule has 1 aliphatic heterocycles. The molecule has 23 heavy (non-hydrogen) atoms. The van der Waals surface area contributed by atoms with Gasteiger partial charge in [-0.05, 0) is 49.1 Å². The van der Waals surface area contributed by atoms with Crippen molar-refractivity contribution < 1.29 is 5.11 Å². The molecule has 4 heteroatoms. The zero-order valence-electron chi connectivity index (χ0n) is 14.2. The van der Waals surface area contributed by atoms with Crippen LogP contribution >= 0.6 is 0 Å². The summed E-state index contributed by atoms with van der Waals surface area (Å²) in [7, 11) is 0. The summed E-state index contributed by atoms with van der Waals surface area (Å²) >= 11 is 0. The molecule has 0 radical (unpaired) electrons. The lowest BCUT2D eigenvalue weighted by molar-refractivity contribution is 0.238. The lowest BCUT2D eigenvalue weighted by atomic mass is 10.0. The standard InChI is InChI=1S/C19H29N3O/c1-2-16-5-6-19-18(14-16)17(15-22(19)12-13-23)4-3-9-21-10-7-20-8-11-21/h5-6,14-15,20,23H,2-4,7-13H2,1H3. The van der Waals surface area contributed by atoms with Crippen LogP contribution in [-0.2, 0) is 19.4 Å². The van der Waals surface area contributed by atoms with Crippen LogP contribution < -0.4 is 5.32 Å². The second kappa shape index (κ2) is 7.95. The average Bonchev–Trinajstić information content (AvgIpc) is 2.93. The highest BCUT2D eigenvalue weighted by molar-refractivity contribution is 5.84. The highest BCUT2D eigenvalue weighted by Gasteiger charge is 2.11. The third kappa shape index (κ3) is 3.94. The number of piperazine rings is 1. The summed E-state index contributed by atoms with van der Waals surface area (Å²) in [4.78, 5) is 2.56. The van der Waals surface area contributed by atoms with Crippen molar-refractivity contribution in [3.63, 3.8) is 0 Å². The van der Waals surface area contributed by atoms with Gasteiger partial charge in [-0.25, -0.2) is 0 Å². The van der Waals surface area contributed by atoms with Crippen molar-refractivity contribution in [2.75, 3.05) is 39.3 Å². The molecule has 0 unspecified atom stereocenters.